The molecule has 3 aliphatic heterocycles. The number of aryl methyl sites for hydroxylation is 2. The molecule has 0 aromatic heterocycles. The molecule has 3 nitrogen and oxygen atoms in total. The lowest BCUT2D eigenvalue weighted by atomic mass is 9.87. The summed E-state index contributed by atoms with van der Waals surface area (Å²) in [6, 6.07) is 26.5. The zero-order valence-electron chi connectivity index (χ0n) is 20.7. The number of fused-ring (bicyclic) bond motifs is 1. The maximum absolute atomic E-state index is 5.31. The number of thioether (sulfide) groups is 1. The van der Waals surface area contributed by atoms with Crippen LogP contribution in [0, 0.1) is 13.8 Å². The number of likely N-dealkylation sites (N-methyl/N-ethyl adjacent to an activating group) is 1. The van der Waals surface area contributed by atoms with Crippen LogP contribution < -0.4 is 0 Å². The van der Waals surface area contributed by atoms with Crippen molar-refractivity contribution in [3.8, 4) is 0 Å². The van der Waals surface area contributed by atoms with Crippen molar-refractivity contribution >= 4 is 44.6 Å². The molecule has 0 N–H and O–H groups in total. The summed E-state index contributed by atoms with van der Waals surface area (Å²) in [5.74, 6) is 0. The monoisotopic (exact) mass is 553 g/mol. The summed E-state index contributed by atoms with van der Waals surface area (Å²) in [7, 11) is 2.21. The standard InChI is InChI=1S/C31H28BrN3S/c1-20-4-8-22(9-5-20)16-25-17-34(3)18-27-29(25)33-31-35(30(27)24-10-6-21(2)7-11-24)28(19-36-31)23-12-14-26(32)15-13-23/h4-16,19,30H,17-18H2,1-3H3/b25-16+. The van der Waals surface area contributed by atoms with Gasteiger partial charge in [0.25, 0.3) is 0 Å². The Morgan fingerprint density at radius 2 is 1.56 bits per heavy atom. The molecule has 3 aliphatic rings. The number of hydrogen-bond acceptors (Lipinski definition) is 4. The number of halogens is 1. The lowest BCUT2D eigenvalue weighted by Gasteiger charge is -2.42. The van der Waals surface area contributed by atoms with E-state index in [-0.39, 0.29) is 6.04 Å². The van der Waals surface area contributed by atoms with Crippen molar-refractivity contribution in [2.45, 2.75) is 19.9 Å². The molecule has 1 unspecified atom stereocenters. The van der Waals surface area contributed by atoms with Crippen LogP contribution in [0.2, 0.25) is 0 Å². The van der Waals surface area contributed by atoms with Gasteiger partial charge in [-0.25, -0.2) is 4.99 Å². The molecule has 180 valence electrons. The highest BCUT2D eigenvalue weighted by Crippen LogP contribution is 2.49. The molecule has 3 aromatic rings. The van der Waals surface area contributed by atoms with Crippen LogP contribution in [0.25, 0.3) is 11.8 Å². The van der Waals surface area contributed by atoms with Gasteiger partial charge in [-0.1, -0.05) is 99.5 Å². The van der Waals surface area contributed by atoms with Gasteiger partial charge in [0.2, 0.25) is 0 Å². The van der Waals surface area contributed by atoms with E-state index in [4.69, 9.17) is 4.99 Å². The smallest absolute Gasteiger partial charge is 0.174 e. The van der Waals surface area contributed by atoms with Crippen molar-refractivity contribution in [1.82, 2.24) is 9.80 Å². The molecule has 0 aliphatic carbocycles. The van der Waals surface area contributed by atoms with Gasteiger partial charge >= 0.3 is 0 Å². The van der Waals surface area contributed by atoms with Crippen LogP contribution in [0.1, 0.15) is 33.9 Å². The number of aliphatic imine (C=N–C) groups is 1. The van der Waals surface area contributed by atoms with Gasteiger partial charge in [-0.05, 0) is 66.9 Å². The summed E-state index contributed by atoms with van der Waals surface area (Å²) in [4.78, 5) is 10.2. The van der Waals surface area contributed by atoms with Gasteiger partial charge in [0, 0.05) is 23.0 Å². The Kier molecular flexibility index (Phi) is 6.24. The third kappa shape index (κ3) is 4.40. The Morgan fingerprint density at radius 1 is 0.889 bits per heavy atom. The first-order valence-electron chi connectivity index (χ1n) is 12.2. The van der Waals surface area contributed by atoms with Crippen molar-refractivity contribution in [2.75, 3.05) is 20.1 Å². The molecule has 0 radical (unpaired) electrons. The Balaban J connectivity index is 1.50. The fourth-order valence-corrected chi connectivity index (χ4v) is 6.36. The van der Waals surface area contributed by atoms with E-state index >= 15 is 0 Å². The van der Waals surface area contributed by atoms with Crippen LogP contribution in [0.4, 0.5) is 0 Å². The SMILES string of the molecule is Cc1ccc(/C=C2\CN(C)CC3=C2N=C2SC=C(c4ccc(Br)cc4)N2C3c2ccc(C)cc2)cc1. The lowest BCUT2D eigenvalue weighted by molar-refractivity contribution is 0.344. The van der Waals surface area contributed by atoms with Gasteiger partial charge < -0.3 is 4.90 Å². The van der Waals surface area contributed by atoms with E-state index in [9.17, 15) is 0 Å². The van der Waals surface area contributed by atoms with Crippen LogP contribution in [0.15, 0.2) is 105 Å². The summed E-state index contributed by atoms with van der Waals surface area (Å²) in [6.07, 6.45) is 2.32. The van der Waals surface area contributed by atoms with Crippen LogP contribution in [-0.4, -0.2) is 35.1 Å². The van der Waals surface area contributed by atoms with Gasteiger partial charge in [0.05, 0.1) is 17.4 Å². The fourth-order valence-electron chi connectivity index (χ4n) is 5.16. The van der Waals surface area contributed by atoms with E-state index in [0.717, 1.165) is 28.4 Å². The van der Waals surface area contributed by atoms with E-state index < -0.39 is 0 Å². The highest BCUT2D eigenvalue weighted by atomic mass is 79.9. The van der Waals surface area contributed by atoms with Gasteiger partial charge in [-0.2, -0.15) is 0 Å². The minimum Gasteiger partial charge on any atom is -0.308 e. The zero-order valence-corrected chi connectivity index (χ0v) is 23.1. The summed E-state index contributed by atoms with van der Waals surface area (Å²) in [5.41, 5.74) is 11.3. The lowest BCUT2D eigenvalue weighted by Crippen LogP contribution is -2.40. The van der Waals surface area contributed by atoms with Crippen molar-refractivity contribution in [3.05, 3.63) is 127 Å². The van der Waals surface area contributed by atoms with Crippen molar-refractivity contribution < 1.29 is 0 Å². The molecule has 0 amide bonds. The quantitative estimate of drug-likeness (QED) is 0.329. The molecule has 6 rings (SSSR count). The Morgan fingerprint density at radius 3 is 2.25 bits per heavy atom. The van der Waals surface area contributed by atoms with Crippen LogP contribution in [0.5, 0.6) is 0 Å². The summed E-state index contributed by atoms with van der Waals surface area (Å²) >= 11 is 5.32. The number of rotatable bonds is 3. The van der Waals surface area contributed by atoms with Crippen LogP contribution >= 0.6 is 27.7 Å². The maximum Gasteiger partial charge on any atom is 0.174 e. The Bertz CT molecular complexity index is 1430. The molecule has 0 spiro atoms. The number of nitrogens with zero attached hydrogens (tertiary/aromatic N) is 3. The molecule has 0 saturated heterocycles. The van der Waals surface area contributed by atoms with Gasteiger partial charge in [-0.3, -0.25) is 4.90 Å². The Labute approximate surface area is 226 Å². The van der Waals surface area contributed by atoms with E-state index in [1.54, 1.807) is 11.8 Å². The van der Waals surface area contributed by atoms with Gasteiger partial charge in [0.15, 0.2) is 5.17 Å². The minimum atomic E-state index is 0.0992. The average Bonchev–Trinajstić information content (AvgIpc) is 3.29. The first-order valence-corrected chi connectivity index (χ1v) is 13.9. The number of benzene rings is 3. The van der Waals surface area contributed by atoms with E-state index in [0.29, 0.717) is 0 Å². The molecular weight excluding hydrogens is 526 g/mol. The second kappa shape index (κ2) is 9.55. The number of amidine groups is 1. The largest absolute Gasteiger partial charge is 0.308 e. The van der Waals surface area contributed by atoms with E-state index in [2.05, 4.69) is 131 Å². The van der Waals surface area contributed by atoms with E-state index in [1.807, 2.05) is 0 Å². The minimum absolute atomic E-state index is 0.0992. The van der Waals surface area contributed by atoms with Gasteiger partial charge in [0.1, 0.15) is 0 Å². The number of hydrogen-bond donors (Lipinski definition) is 0. The topological polar surface area (TPSA) is 18.8 Å². The highest BCUT2D eigenvalue weighted by molar-refractivity contribution is 9.10. The van der Waals surface area contributed by atoms with Crippen LogP contribution in [0.3, 0.4) is 0 Å². The molecule has 1 atom stereocenters. The van der Waals surface area contributed by atoms with Gasteiger partial charge in [-0.15, -0.1) is 0 Å². The summed E-state index contributed by atoms with van der Waals surface area (Å²) in [6.45, 7) is 6.07. The molecule has 5 heteroatoms. The second-order valence-corrected chi connectivity index (χ2v) is 11.6. The third-order valence-corrected chi connectivity index (χ3v) is 8.35. The molecular formula is C31H28BrN3S. The van der Waals surface area contributed by atoms with Crippen molar-refractivity contribution in [2.24, 2.45) is 4.99 Å². The molecule has 3 heterocycles. The fraction of sp³-hybridized carbons (Fsp3) is 0.194. The molecule has 0 saturated carbocycles. The highest BCUT2D eigenvalue weighted by Gasteiger charge is 2.41. The van der Waals surface area contributed by atoms with Crippen molar-refractivity contribution in [3.63, 3.8) is 0 Å². The maximum atomic E-state index is 5.31. The normalized spacial score (nSPS) is 20.8. The van der Waals surface area contributed by atoms with E-state index in [1.165, 1.54) is 44.7 Å². The van der Waals surface area contributed by atoms with Crippen LogP contribution in [-0.2, 0) is 0 Å². The van der Waals surface area contributed by atoms with Crippen molar-refractivity contribution in [1.29, 1.82) is 0 Å². The predicted octanol–water partition coefficient (Wildman–Crippen LogP) is 7.81. The Hall–Kier alpha value is -2.86. The summed E-state index contributed by atoms with van der Waals surface area (Å²) in [5, 5.41) is 3.31. The molecule has 0 bridgehead atoms. The molecule has 3 aromatic carbocycles. The second-order valence-electron chi connectivity index (χ2n) is 9.83. The molecule has 0 fully saturated rings. The first kappa shape index (κ1) is 23.5. The zero-order chi connectivity index (χ0) is 24.8. The molecule has 36 heavy (non-hydrogen) atoms. The average molecular weight is 555 g/mol. The first-order chi connectivity index (χ1) is 17.5. The summed E-state index contributed by atoms with van der Waals surface area (Å²) < 4.78 is 1.09. The predicted molar refractivity (Wildman–Crippen MR) is 157 cm³/mol. The third-order valence-electron chi connectivity index (χ3n) is 6.98.